The largest absolute Gasteiger partial charge is 0.573 e. The van der Waals surface area contributed by atoms with Crippen LogP contribution in [0.4, 0.5) is 23.7 Å². The highest BCUT2D eigenvalue weighted by molar-refractivity contribution is 6.10. The summed E-state index contributed by atoms with van der Waals surface area (Å²) in [6.45, 7) is 1.00. The second kappa shape index (κ2) is 8.12. The molecule has 0 unspecified atom stereocenters. The first kappa shape index (κ1) is 22.1. The van der Waals surface area contributed by atoms with Gasteiger partial charge in [0, 0.05) is 5.69 Å². The minimum atomic E-state index is -4.83. The van der Waals surface area contributed by atoms with E-state index < -0.39 is 42.0 Å². The van der Waals surface area contributed by atoms with Crippen LogP contribution in [-0.4, -0.2) is 35.7 Å². The highest BCUT2D eigenvalue weighted by Crippen LogP contribution is 2.31. The molecule has 1 saturated heterocycles. The van der Waals surface area contributed by atoms with Crippen LogP contribution in [0.5, 0.6) is 5.75 Å². The van der Waals surface area contributed by atoms with Gasteiger partial charge < -0.3 is 15.4 Å². The molecule has 2 N–H and O–H groups in total. The number of alkyl halides is 3. The van der Waals surface area contributed by atoms with Gasteiger partial charge in [0.05, 0.1) is 0 Å². The van der Waals surface area contributed by atoms with Gasteiger partial charge in [-0.25, -0.2) is 4.79 Å². The zero-order valence-corrected chi connectivity index (χ0v) is 17.3. The van der Waals surface area contributed by atoms with Crippen LogP contribution in [0.2, 0.25) is 0 Å². The number of fused-ring (bicyclic) bond motifs is 1. The van der Waals surface area contributed by atoms with E-state index in [-0.39, 0.29) is 5.69 Å². The molecule has 0 radical (unpaired) electrons. The summed E-state index contributed by atoms with van der Waals surface area (Å²) in [6, 6.07) is 16.7. The van der Waals surface area contributed by atoms with Crippen molar-refractivity contribution in [2.75, 3.05) is 11.9 Å². The SMILES string of the molecule is C[C@@]1(c2ccc3ccccc3c2)NC(=O)N(CC(=O)Nc2ccc(OC(F)(F)F)cc2)C1=O. The smallest absolute Gasteiger partial charge is 0.406 e. The summed E-state index contributed by atoms with van der Waals surface area (Å²) >= 11 is 0. The maximum atomic E-state index is 13.1. The van der Waals surface area contributed by atoms with Gasteiger partial charge in [-0.1, -0.05) is 36.4 Å². The zero-order valence-electron chi connectivity index (χ0n) is 17.3. The highest BCUT2D eigenvalue weighted by Gasteiger charge is 2.49. The van der Waals surface area contributed by atoms with Gasteiger partial charge in [0.25, 0.3) is 5.91 Å². The number of nitrogens with zero attached hydrogens (tertiary/aromatic N) is 1. The van der Waals surface area contributed by atoms with Gasteiger partial charge in [-0.3, -0.25) is 14.5 Å². The Kier molecular flexibility index (Phi) is 5.44. The number of urea groups is 1. The number of imide groups is 1. The van der Waals surface area contributed by atoms with Gasteiger partial charge >= 0.3 is 12.4 Å². The van der Waals surface area contributed by atoms with Gasteiger partial charge in [-0.2, -0.15) is 0 Å². The minimum absolute atomic E-state index is 0.180. The van der Waals surface area contributed by atoms with Gasteiger partial charge in [-0.15, -0.1) is 13.2 Å². The van der Waals surface area contributed by atoms with E-state index in [1.807, 2.05) is 36.4 Å². The topological polar surface area (TPSA) is 87.7 Å². The lowest BCUT2D eigenvalue weighted by atomic mass is 9.90. The molecule has 1 aliphatic rings. The van der Waals surface area contributed by atoms with E-state index in [1.54, 1.807) is 13.0 Å². The number of carbonyl (C=O) groups is 3. The van der Waals surface area contributed by atoms with Crippen molar-refractivity contribution >= 4 is 34.3 Å². The number of benzene rings is 3. The maximum absolute atomic E-state index is 13.1. The van der Waals surface area contributed by atoms with E-state index in [0.29, 0.717) is 5.56 Å². The molecule has 1 atom stereocenters. The van der Waals surface area contributed by atoms with Crippen LogP contribution in [0.3, 0.4) is 0 Å². The quantitative estimate of drug-likeness (QED) is 0.564. The van der Waals surface area contributed by atoms with Crippen LogP contribution in [0.25, 0.3) is 10.8 Å². The zero-order chi connectivity index (χ0) is 23.8. The first-order valence-corrected chi connectivity index (χ1v) is 9.84. The molecule has 0 aromatic heterocycles. The van der Waals surface area contributed by atoms with Crippen molar-refractivity contribution < 1.29 is 32.3 Å². The fourth-order valence-corrected chi connectivity index (χ4v) is 3.62. The normalized spacial score (nSPS) is 18.4. The standard InChI is InChI=1S/C23H18F3N3O4/c1-22(16-7-6-14-4-2-3-5-15(14)12-16)20(31)29(21(32)28-22)13-19(30)27-17-8-10-18(11-9-17)33-23(24,25)26/h2-12H,13H2,1H3,(H,27,30)(H,28,32)/t22-/m0/s1. The summed E-state index contributed by atoms with van der Waals surface area (Å²) in [7, 11) is 0. The number of anilines is 1. The number of nitrogens with one attached hydrogen (secondary N) is 2. The number of carbonyl (C=O) groups excluding carboxylic acids is 3. The molecule has 0 saturated carbocycles. The molecular weight excluding hydrogens is 439 g/mol. The molecule has 1 heterocycles. The fraction of sp³-hybridized carbons (Fsp3) is 0.174. The van der Waals surface area contributed by atoms with E-state index in [2.05, 4.69) is 15.4 Å². The van der Waals surface area contributed by atoms with Crippen molar-refractivity contribution in [3.8, 4) is 5.75 Å². The lowest BCUT2D eigenvalue weighted by Crippen LogP contribution is -2.42. The lowest BCUT2D eigenvalue weighted by Gasteiger charge is -2.22. The number of hydrogen-bond acceptors (Lipinski definition) is 4. The Bertz CT molecular complexity index is 1240. The average molecular weight is 457 g/mol. The fourth-order valence-electron chi connectivity index (χ4n) is 3.62. The van der Waals surface area contributed by atoms with Gasteiger partial charge in [0.1, 0.15) is 17.8 Å². The van der Waals surface area contributed by atoms with E-state index in [9.17, 15) is 27.6 Å². The first-order valence-electron chi connectivity index (χ1n) is 9.84. The third-order valence-electron chi connectivity index (χ3n) is 5.28. The summed E-state index contributed by atoms with van der Waals surface area (Å²) in [5.74, 6) is -1.72. The Hall–Kier alpha value is -4.08. The van der Waals surface area contributed by atoms with Crippen LogP contribution in [0.15, 0.2) is 66.7 Å². The van der Waals surface area contributed by atoms with Crippen molar-refractivity contribution in [1.82, 2.24) is 10.2 Å². The van der Waals surface area contributed by atoms with Gasteiger partial charge in [0.15, 0.2) is 0 Å². The summed E-state index contributed by atoms with van der Waals surface area (Å²) < 4.78 is 40.5. The molecule has 10 heteroatoms. The predicted octanol–water partition coefficient (Wildman–Crippen LogP) is 4.14. The van der Waals surface area contributed by atoms with Gasteiger partial charge in [-0.05, 0) is 53.6 Å². The predicted molar refractivity (Wildman–Crippen MR) is 113 cm³/mol. The second-order valence-electron chi connectivity index (χ2n) is 7.63. The van der Waals surface area contributed by atoms with Crippen molar-refractivity contribution in [1.29, 1.82) is 0 Å². The molecule has 1 fully saturated rings. The van der Waals surface area contributed by atoms with Crippen molar-refractivity contribution in [3.63, 3.8) is 0 Å². The first-order chi connectivity index (χ1) is 15.5. The van der Waals surface area contributed by atoms with E-state index in [0.717, 1.165) is 27.8 Å². The molecular formula is C23H18F3N3O4. The Balaban J connectivity index is 1.45. The Morgan fingerprint density at radius 2 is 1.70 bits per heavy atom. The summed E-state index contributed by atoms with van der Waals surface area (Å²) in [6.07, 6.45) is -4.83. The molecule has 0 aliphatic carbocycles. The number of ether oxygens (including phenoxy) is 1. The van der Waals surface area contributed by atoms with E-state index in [4.69, 9.17) is 0 Å². The number of halogens is 3. The Morgan fingerprint density at radius 3 is 2.36 bits per heavy atom. The molecule has 0 spiro atoms. The van der Waals surface area contributed by atoms with E-state index in [1.165, 1.54) is 12.1 Å². The van der Waals surface area contributed by atoms with Crippen LogP contribution >= 0.6 is 0 Å². The highest BCUT2D eigenvalue weighted by atomic mass is 19.4. The Morgan fingerprint density at radius 1 is 1.03 bits per heavy atom. The number of rotatable bonds is 5. The van der Waals surface area contributed by atoms with E-state index >= 15 is 0 Å². The molecule has 4 amide bonds. The third kappa shape index (κ3) is 4.59. The number of hydrogen-bond donors (Lipinski definition) is 2. The minimum Gasteiger partial charge on any atom is -0.406 e. The van der Waals surface area contributed by atoms with Crippen molar-refractivity contribution in [2.45, 2.75) is 18.8 Å². The molecule has 3 aromatic carbocycles. The third-order valence-corrected chi connectivity index (χ3v) is 5.28. The van der Waals surface area contributed by atoms with Crippen LogP contribution in [0.1, 0.15) is 12.5 Å². The van der Waals surface area contributed by atoms with Crippen molar-refractivity contribution in [2.24, 2.45) is 0 Å². The molecule has 3 aromatic rings. The second-order valence-corrected chi connectivity index (χ2v) is 7.63. The average Bonchev–Trinajstić information content (AvgIpc) is 2.97. The lowest BCUT2D eigenvalue weighted by molar-refractivity contribution is -0.274. The molecule has 0 bridgehead atoms. The maximum Gasteiger partial charge on any atom is 0.573 e. The molecule has 170 valence electrons. The Labute approximate surface area is 186 Å². The summed E-state index contributed by atoms with van der Waals surface area (Å²) in [5, 5.41) is 6.96. The van der Waals surface area contributed by atoms with Crippen LogP contribution in [0, 0.1) is 0 Å². The van der Waals surface area contributed by atoms with Crippen molar-refractivity contribution in [3.05, 3.63) is 72.3 Å². The van der Waals surface area contributed by atoms with Gasteiger partial charge in [0.2, 0.25) is 5.91 Å². The monoisotopic (exact) mass is 457 g/mol. The molecule has 7 nitrogen and oxygen atoms in total. The number of amides is 4. The summed E-state index contributed by atoms with van der Waals surface area (Å²) in [5.41, 5.74) is -0.598. The molecule has 33 heavy (non-hydrogen) atoms. The van der Waals surface area contributed by atoms with Crippen LogP contribution < -0.4 is 15.4 Å². The summed E-state index contributed by atoms with van der Waals surface area (Å²) in [4.78, 5) is 38.8. The van der Waals surface area contributed by atoms with Crippen LogP contribution in [-0.2, 0) is 15.1 Å². The molecule has 1 aliphatic heterocycles. The molecule has 4 rings (SSSR count).